The molecule has 31 heavy (non-hydrogen) atoms. The number of carbonyl (C=O) groups excluding carboxylic acids is 1. The Kier molecular flexibility index (Phi) is 5.53. The Morgan fingerprint density at radius 3 is 2.65 bits per heavy atom. The second-order valence-electron chi connectivity index (χ2n) is 8.46. The maximum atomic E-state index is 12.3. The lowest BCUT2D eigenvalue weighted by atomic mass is 9.91. The standard InChI is InChI=1S/C24H27N5O2/c30-23(20-10-5-2-6-11-20)25-14-21-22-16-31-24(18-29(22)27-26-21)12-7-13-28(17-24)15-19-8-3-1-4-9-19/h1-6,8-11H,7,12-18H2,(H,25,30). The van der Waals surface area contributed by atoms with Crippen LogP contribution in [-0.2, 0) is 31.0 Å². The van der Waals surface area contributed by atoms with E-state index in [2.05, 4.69) is 50.9 Å². The Bertz CT molecular complexity index is 1040. The zero-order valence-corrected chi connectivity index (χ0v) is 17.5. The number of rotatable bonds is 5. The average Bonchev–Trinajstić information content (AvgIpc) is 3.20. The van der Waals surface area contributed by atoms with Crippen molar-refractivity contribution in [1.82, 2.24) is 25.2 Å². The number of hydrogen-bond acceptors (Lipinski definition) is 5. The van der Waals surface area contributed by atoms with E-state index in [0.717, 1.165) is 43.9 Å². The first-order valence-electron chi connectivity index (χ1n) is 10.9. The first-order chi connectivity index (χ1) is 15.2. The average molecular weight is 418 g/mol. The van der Waals surface area contributed by atoms with Crippen LogP contribution in [0.25, 0.3) is 0 Å². The highest BCUT2D eigenvalue weighted by Gasteiger charge is 2.41. The van der Waals surface area contributed by atoms with E-state index >= 15 is 0 Å². The molecule has 1 spiro atoms. The van der Waals surface area contributed by atoms with Gasteiger partial charge in [-0.25, -0.2) is 4.68 Å². The van der Waals surface area contributed by atoms with Gasteiger partial charge in [-0.1, -0.05) is 53.7 Å². The number of hydrogen-bond donors (Lipinski definition) is 1. The third kappa shape index (κ3) is 4.38. The zero-order chi connectivity index (χ0) is 21.1. The molecule has 7 nitrogen and oxygen atoms in total. The van der Waals surface area contributed by atoms with Crippen molar-refractivity contribution < 1.29 is 9.53 Å². The van der Waals surface area contributed by atoms with Gasteiger partial charge in [0.05, 0.1) is 25.4 Å². The van der Waals surface area contributed by atoms with Crippen LogP contribution in [0.2, 0.25) is 0 Å². The van der Waals surface area contributed by atoms with Crippen molar-refractivity contribution in [3.05, 3.63) is 83.2 Å². The smallest absolute Gasteiger partial charge is 0.251 e. The number of aromatic nitrogens is 3. The third-order valence-corrected chi connectivity index (χ3v) is 6.19. The molecule has 160 valence electrons. The molecule has 0 saturated carbocycles. The Labute approximate surface area is 182 Å². The maximum Gasteiger partial charge on any atom is 0.251 e. The Balaban J connectivity index is 1.23. The van der Waals surface area contributed by atoms with Gasteiger partial charge in [-0.05, 0) is 37.1 Å². The van der Waals surface area contributed by atoms with Crippen LogP contribution in [0.15, 0.2) is 60.7 Å². The molecule has 1 amide bonds. The lowest BCUT2D eigenvalue weighted by Crippen LogP contribution is -2.54. The summed E-state index contributed by atoms with van der Waals surface area (Å²) in [6.45, 7) is 4.44. The van der Waals surface area contributed by atoms with Crippen molar-refractivity contribution in [1.29, 1.82) is 0 Å². The fourth-order valence-corrected chi connectivity index (χ4v) is 4.60. The first-order valence-corrected chi connectivity index (χ1v) is 10.9. The molecular weight excluding hydrogens is 390 g/mol. The highest BCUT2D eigenvalue weighted by molar-refractivity contribution is 5.94. The molecule has 1 atom stereocenters. The van der Waals surface area contributed by atoms with Gasteiger partial charge >= 0.3 is 0 Å². The highest BCUT2D eigenvalue weighted by atomic mass is 16.5. The molecule has 3 heterocycles. The summed E-state index contributed by atoms with van der Waals surface area (Å²) in [5, 5.41) is 11.7. The van der Waals surface area contributed by atoms with Crippen LogP contribution in [-0.4, -0.2) is 44.5 Å². The van der Waals surface area contributed by atoms with Crippen molar-refractivity contribution in [2.24, 2.45) is 0 Å². The van der Waals surface area contributed by atoms with Crippen molar-refractivity contribution >= 4 is 5.91 Å². The molecule has 2 aliphatic heterocycles. The fourth-order valence-electron chi connectivity index (χ4n) is 4.60. The van der Waals surface area contributed by atoms with E-state index in [4.69, 9.17) is 4.74 Å². The number of likely N-dealkylation sites (tertiary alicyclic amines) is 1. The van der Waals surface area contributed by atoms with Gasteiger partial charge in [0.1, 0.15) is 11.3 Å². The monoisotopic (exact) mass is 417 g/mol. The summed E-state index contributed by atoms with van der Waals surface area (Å²) in [6.07, 6.45) is 2.13. The number of ether oxygens (including phenoxy) is 1. The molecule has 1 aromatic heterocycles. The van der Waals surface area contributed by atoms with Gasteiger partial charge in [-0.2, -0.15) is 0 Å². The number of piperidine rings is 1. The topological polar surface area (TPSA) is 72.3 Å². The van der Waals surface area contributed by atoms with Gasteiger partial charge in [0, 0.05) is 18.7 Å². The molecule has 3 aromatic rings. The Morgan fingerprint density at radius 2 is 1.84 bits per heavy atom. The molecule has 0 bridgehead atoms. The van der Waals surface area contributed by atoms with E-state index in [1.165, 1.54) is 5.56 Å². The largest absolute Gasteiger partial charge is 0.365 e. The number of nitrogens with one attached hydrogen (secondary N) is 1. The van der Waals surface area contributed by atoms with Gasteiger partial charge in [0.15, 0.2) is 0 Å². The molecule has 7 heteroatoms. The first kappa shape index (κ1) is 19.9. The van der Waals surface area contributed by atoms with Gasteiger partial charge in [-0.15, -0.1) is 5.10 Å². The molecule has 0 radical (unpaired) electrons. The van der Waals surface area contributed by atoms with E-state index in [9.17, 15) is 4.79 Å². The number of nitrogens with zero attached hydrogens (tertiary/aromatic N) is 4. The Hall–Kier alpha value is -3.03. The van der Waals surface area contributed by atoms with E-state index in [0.29, 0.717) is 25.3 Å². The summed E-state index contributed by atoms with van der Waals surface area (Å²) in [4.78, 5) is 14.8. The normalized spacial score (nSPS) is 21.0. The second kappa shape index (κ2) is 8.61. The number of fused-ring (bicyclic) bond motifs is 1. The SMILES string of the molecule is O=C(NCc1nnn2c1COC1(CCCN(Cc3ccccc3)C1)C2)c1ccccc1. The molecule has 2 aromatic carbocycles. The minimum absolute atomic E-state index is 0.112. The summed E-state index contributed by atoms with van der Waals surface area (Å²) in [7, 11) is 0. The number of carbonyl (C=O) groups is 1. The van der Waals surface area contributed by atoms with E-state index in [-0.39, 0.29) is 11.5 Å². The van der Waals surface area contributed by atoms with Gasteiger partial charge in [0.2, 0.25) is 0 Å². The van der Waals surface area contributed by atoms with Crippen LogP contribution in [0.4, 0.5) is 0 Å². The summed E-state index contributed by atoms with van der Waals surface area (Å²) in [6, 6.07) is 19.8. The summed E-state index contributed by atoms with van der Waals surface area (Å²) >= 11 is 0. The van der Waals surface area contributed by atoms with Crippen LogP contribution < -0.4 is 5.32 Å². The second-order valence-corrected chi connectivity index (χ2v) is 8.46. The molecule has 1 saturated heterocycles. The summed E-state index contributed by atoms with van der Waals surface area (Å²) < 4.78 is 8.41. The molecule has 1 N–H and O–H groups in total. The lowest BCUT2D eigenvalue weighted by Gasteiger charge is -2.44. The third-order valence-electron chi connectivity index (χ3n) is 6.19. The van der Waals surface area contributed by atoms with Crippen LogP contribution in [0.5, 0.6) is 0 Å². The number of benzene rings is 2. The maximum absolute atomic E-state index is 12.3. The van der Waals surface area contributed by atoms with Crippen molar-refractivity contribution in [2.75, 3.05) is 13.1 Å². The molecular formula is C24H27N5O2. The van der Waals surface area contributed by atoms with Crippen LogP contribution in [0.3, 0.4) is 0 Å². The highest BCUT2D eigenvalue weighted by Crippen LogP contribution is 2.33. The van der Waals surface area contributed by atoms with E-state index in [1.807, 2.05) is 22.9 Å². The molecule has 0 aliphatic carbocycles. The molecule has 1 fully saturated rings. The lowest BCUT2D eigenvalue weighted by molar-refractivity contribution is -0.129. The number of amides is 1. The fraction of sp³-hybridized carbons (Fsp3) is 0.375. The molecule has 5 rings (SSSR count). The Morgan fingerprint density at radius 1 is 1.06 bits per heavy atom. The molecule has 2 aliphatic rings. The quantitative estimate of drug-likeness (QED) is 0.691. The predicted molar refractivity (Wildman–Crippen MR) is 116 cm³/mol. The van der Waals surface area contributed by atoms with E-state index < -0.39 is 0 Å². The summed E-state index contributed by atoms with van der Waals surface area (Å²) in [5.41, 5.74) is 3.47. The van der Waals surface area contributed by atoms with E-state index in [1.54, 1.807) is 12.1 Å². The van der Waals surface area contributed by atoms with Crippen molar-refractivity contribution in [3.63, 3.8) is 0 Å². The van der Waals surface area contributed by atoms with Crippen molar-refractivity contribution in [3.8, 4) is 0 Å². The summed E-state index contributed by atoms with van der Waals surface area (Å²) in [5.74, 6) is -0.112. The minimum atomic E-state index is -0.224. The van der Waals surface area contributed by atoms with Gasteiger partial charge in [0.25, 0.3) is 5.91 Å². The van der Waals surface area contributed by atoms with Crippen LogP contribution in [0.1, 0.15) is 40.2 Å². The van der Waals surface area contributed by atoms with Crippen LogP contribution in [0, 0.1) is 0 Å². The van der Waals surface area contributed by atoms with Crippen LogP contribution >= 0.6 is 0 Å². The minimum Gasteiger partial charge on any atom is -0.365 e. The van der Waals surface area contributed by atoms with Crippen molar-refractivity contribution in [2.45, 2.75) is 44.7 Å². The van der Waals surface area contributed by atoms with Gasteiger partial charge in [-0.3, -0.25) is 9.69 Å². The predicted octanol–water partition coefficient (Wildman–Crippen LogP) is 2.77. The zero-order valence-electron chi connectivity index (χ0n) is 17.5. The molecule has 1 unspecified atom stereocenters. The van der Waals surface area contributed by atoms with Gasteiger partial charge < -0.3 is 10.1 Å².